The smallest absolute Gasteiger partial charge is 0.232 e. The number of rotatable bonds is 7. The zero-order valence-corrected chi connectivity index (χ0v) is 17.2. The van der Waals surface area contributed by atoms with Crippen molar-refractivity contribution in [3.05, 3.63) is 53.1 Å². The summed E-state index contributed by atoms with van der Waals surface area (Å²) in [5.41, 5.74) is 4.25. The summed E-state index contributed by atoms with van der Waals surface area (Å²) in [6.45, 7) is 5.87. The van der Waals surface area contributed by atoms with Crippen LogP contribution in [-0.2, 0) is 14.8 Å². The van der Waals surface area contributed by atoms with E-state index in [0.717, 1.165) is 22.9 Å². The molecule has 27 heavy (non-hydrogen) atoms. The summed E-state index contributed by atoms with van der Waals surface area (Å²) in [5.74, 6) is 0.194. The number of hydrogen-bond donors (Lipinski definition) is 1. The predicted octanol–water partition coefficient (Wildman–Crippen LogP) is 3.42. The number of carbonyl (C=O) groups excluding carboxylic acids is 1. The first-order chi connectivity index (χ1) is 12.6. The molecule has 1 amide bonds. The van der Waals surface area contributed by atoms with E-state index >= 15 is 0 Å². The van der Waals surface area contributed by atoms with Gasteiger partial charge >= 0.3 is 0 Å². The van der Waals surface area contributed by atoms with E-state index in [-0.39, 0.29) is 18.9 Å². The maximum Gasteiger partial charge on any atom is 0.232 e. The van der Waals surface area contributed by atoms with E-state index < -0.39 is 10.0 Å². The third-order valence-corrected chi connectivity index (χ3v) is 5.52. The summed E-state index contributed by atoms with van der Waals surface area (Å²) >= 11 is 0. The largest absolute Gasteiger partial charge is 0.495 e. The number of benzene rings is 2. The Balaban J connectivity index is 2.17. The lowest BCUT2D eigenvalue weighted by Gasteiger charge is -2.24. The Morgan fingerprint density at radius 1 is 1.07 bits per heavy atom. The Labute approximate surface area is 161 Å². The van der Waals surface area contributed by atoms with Gasteiger partial charge in [-0.25, -0.2) is 8.42 Å². The quantitative estimate of drug-likeness (QED) is 0.786. The fourth-order valence-corrected chi connectivity index (χ4v) is 3.63. The van der Waals surface area contributed by atoms with Crippen LogP contribution in [0.15, 0.2) is 36.4 Å². The van der Waals surface area contributed by atoms with Gasteiger partial charge < -0.3 is 10.1 Å². The fraction of sp³-hybridized carbons (Fsp3) is 0.350. The molecule has 0 atom stereocenters. The van der Waals surface area contributed by atoms with E-state index in [1.165, 1.54) is 11.4 Å². The van der Waals surface area contributed by atoms with Gasteiger partial charge in [-0.3, -0.25) is 9.10 Å². The van der Waals surface area contributed by atoms with Gasteiger partial charge in [0.05, 0.1) is 19.1 Å². The average Bonchev–Trinajstić information content (AvgIpc) is 2.57. The number of nitrogens with zero attached hydrogens (tertiary/aromatic N) is 1. The van der Waals surface area contributed by atoms with E-state index in [2.05, 4.69) is 5.32 Å². The van der Waals surface area contributed by atoms with Gasteiger partial charge in [0, 0.05) is 18.7 Å². The predicted molar refractivity (Wildman–Crippen MR) is 109 cm³/mol. The molecule has 0 unspecified atom stereocenters. The first kappa shape index (κ1) is 20.8. The van der Waals surface area contributed by atoms with Crippen molar-refractivity contribution in [1.82, 2.24) is 0 Å². The highest BCUT2D eigenvalue weighted by Crippen LogP contribution is 2.31. The highest BCUT2D eigenvalue weighted by atomic mass is 32.2. The van der Waals surface area contributed by atoms with Gasteiger partial charge in [0.25, 0.3) is 0 Å². The molecule has 146 valence electrons. The molecule has 1 N–H and O–H groups in total. The molecule has 7 heteroatoms. The minimum Gasteiger partial charge on any atom is -0.495 e. The van der Waals surface area contributed by atoms with Crippen molar-refractivity contribution in [2.75, 3.05) is 29.5 Å². The Kier molecular flexibility index (Phi) is 6.49. The molecule has 0 bridgehead atoms. The molecular weight excluding hydrogens is 364 g/mol. The van der Waals surface area contributed by atoms with Gasteiger partial charge in [-0.15, -0.1) is 0 Å². The van der Waals surface area contributed by atoms with Crippen LogP contribution in [0.3, 0.4) is 0 Å². The lowest BCUT2D eigenvalue weighted by Crippen LogP contribution is -2.33. The summed E-state index contributed by atoms with van der Waals surface area (Å²) < 4.78 is 31.1. The monoisotopic (exact) mass is 390 g/mol. The van der Waals surface area contributed by atoms with Gasteiger partial charge in [0.1, 0.15) is 5.75 Å². The minimum atomic E-state index is -3.57. The molecule has 0 heterocycles. The minimum absolute atomic E-state index is 0.0231. The van der Waals surface area contributed by atoms with Crippen LogP contribution in [-0.4, -0.2) is 34.2 Å². The van der Waals surface area contributed by atoms with E-state index in [1.807, 2.05) is 45.0 Å². The van der Waals surface area contributed by atoms with Crippen LogP contribution in [0.1, 0.15) is 23.1 Å². The number of methoxy groups -OCH3 is 1. The first-order valence-corrected chi connectivity index (χ1v) is 10.5. The lowest BCUT2D eigenvalue weighted by atomic mass is 10.1. The number of hydrogen-bond acceptors (Lipinski definition) is 4. The van der Waals surface area contributed by atoms with Gasteiger partial charge in [0.15, 0.2) is 0 Å². The summed E-state index contributed by atoms with van der Waals surface area (Å²) in [7, 11) is -2.09. The van der Waals surface area contributed by atoms with E-state index in [0.29, 0.717) is 17.1 Å². The Morgan fingerprint density at radius 2 is 1.78 bits per heavy atom. The second kappa shape index (κ2) is 8.43. The van der Waals surface area contributed by atoms with Crippen molar-refractivity contribution in [2.45, 2.75) is 27.2 Å². The standard InChI is InChI=1S/C20H26N2O4S/c1-14-6-9-19(26-4)18(12-14)22(27(5,24)25)11-10-20(23)21-17-8-7-15(2)16(3)13-17/h6-9,12-13H,10-11H2,1-5H3,(H,21,23). The normalized spacial score (nSPS) is 11.1. The number of aryl methyl sites for hydroxylation is 3. The van der Waals surface area contributed by atoms with Gasteiger partial charge in [-0.05, 0) is 61.7 Å². The highest BCUT2D eigenvalue weighted by molar-refractivity contribution is 7.92. The summed E-state index contributed by atoms with van der Waals surface area (Å²) in [5, 5.41) is 2.82. The third kappa shape index (κ3) is 5.47. The number of carbonyl (C=O) groups is 1. The topological polar surface area (TPSA) is 75.7 Å². The molecule has 0 aliphatic rings. The number of anilines is 2. The Hall–Kier alpha value is -2.54. The van der Waals surface area contributed by atoms with Crippen molar-refractivity contribution < 1.29 is 17.9 Å². The Bertz CT molecular complexity index is 939. The van der Waals surface area contributed by atoms with Gasteiger partial charge in [0.2, 0.25) is 15.9 Å². The summed E-state index contributed by atoms with van der Waals surface area (Å²) in [4.78, 5) is 12.3. The number of nitrogens with one attached hydrogen (secondary N) is 1. The SMILES string of the molecule is COc1ccc(C)cc1N(CCC(=O)Nc1ccc(C)c(C)c1)S(C)(=O)=O. The van der Waals surface area contributed by atoms with Crippen molar-refractivity contribution in [3.63, 3.8) is 0 Å². The van der Waals surface area contributed by atoms with Gasteiger partial charge in [-0.1, -0.05) is 12.1 Å². The van der Waals surface area contributed by atoms with Crippen LogP contribution >= 0.6 is 0 Å². The van der Waals surface area contributed by atoms with Crippen molar-refractivity contribution >= 4 is 27.3 Å². The molecular formula is C20H26N2O4S. The molecule has 0 radical (unpaired) electrons. The maximum atomic E-state index is 12.3. The van der Waals surface area contributed by atoms with Gasteiger partial charge in [-0.2, -0.15) is 0 Å². The van der Waals surface area contributed by atoms with Crippen LogP contribution in [0.25, 0.3) is 0 Å². The van der Waals surface area contributed by atoms with Crippen molar-refractivity contribution in [2.24, 2.45) is 0 Å². The first-order valence-electron chi connectivity index (χ1n) is 8.61. The molecule has 2 rings (SSSR count). The molecule has 0 aromatic heterocycles. The van der Waals surface area contributed by atoms with Crippen LogP contribution in [0.5, 0.6) is 5.75 Å². The number of sulfonamides is 1. The molecule has 0 spiro atoms. The van der Waals surface area contributed by atoms with E-state index in [4.69, 9.17) is 4.74 Å². The van der Waals surface area contributed by atoms with Crippen LogP contribution in [0.4, 0.5) is 11.4 Å². The summed E-state index contributed by atoms with van der Waals surface area (Å²) in [6.07, 6.45) is 1.15. The second-order valence-corrected chi connectivity index (χ2v) is 8.51. The number of amides is 1. The molecule has 0 aliphatic carbocycles. The summed E-state index contributed by atoms with van der Waals surface area (Å²) in [6, 6.07) is 11.0. The fourth-order valence-electron chi connectivity index (χ4n) is 2.71. The van der Waals surface area contributed by atoms with Crippen LogP contribution in [0, 0.1) is 20.8 Å². The molecule has 2 aromatic carbocycles. The Morgan fingerprint density at radius 3 is 2.37 bits per heavy atom. The highest BCUT2D eigenvalue weighted by Gasteiger charge is 2.22. The molecule has 0 fully saturated rings. The molecule has 0 aliphatic heterocycles. The van der Waals surface area contributed by atoms with Crippen molar-refractivity contribution in [1.29, 1.82) is 0 Å². The van der Waals surface area contributed by atoms with Crippen LogP contribution < -0.4 is 14.4 Å². The molecule has 0 saturated heterocycles. The second-order valence-electron chi connectivity index (χ2n) is 6.61. The molecule has 0 saturated carbocycles. The lowest BCUT2D eigenvalue weighted by molar-refractivity contribution is -0.116. The van der Waals surface area contributed by atoms with E-state index in [1.54, 1.807) is 12.1 Å². The molecule has 2 aromatic rings. The molecule has 6 nitrogen and oxygen atoms in total. The van der Waals surface area contributed by atoms with Crippen molar-refractivity contribution in [3.8, 4) is 5.75 Å². The number of ether oxygens (including phenoxy) is 1. The average molecular weight is 391 g/mol. The maximum absolute atomic E-state index is 12.3. The van der Waals surface area contributed by atoms with Crippen LogP contribution in [0.2, 0.25) is 0 Å². The zero-order valence-electron chi connectivity index (χ0n) is 16.4. The van der Waals surface area contributed by atoms with E-state index in [9.17, 15) is 13.2 Å². The zero-order chi connectivity index (χ0) is 20.2. The third-order valence-electron chi connectivity index (χ3n) is 4.34.